The van der Waals surface area contributed by atoms with Gasteiger partial charge in [0.25, 0.3) is 0 Å². The van der Waals surface area contributed by atoms with Gasteiger partial charge >= 0.3 is 5.97 Å². The number of ether oxygens (including phenoxy) is 1. The lowest BCUT2D eigenvalue weighted by molar-refractivity contribution is 0.0702. The molecule has 0 atom stereocenters. The van der Waals surface area contributed by atoms with Crippen molar-refractivity contribution < 1.29 is 14.6 Å². The molecule has 1 N–H and O–H groups in total. The Hall–Kier alpha value is -1.72. The van der Waals surface area contributed by atoms with Gasteiger partial charge in [0, 0.05) is 12.7 Å². The van der Waals surface area contributed by atoms with Crippen LogP contribution in [0.25, 0.3) is 10.6 Å². The van der Waals surface area contributed by atoms with E-state index in [4.69, 9.17) is 9.84 Å². The van der Waals surface area contributed by atoms with Gasteiger partial charge in [0.1, 0.15) is 9.88 Å². The van der Waals surface area contributed by atoms with Crippen molar-refractivity contribution in [3.8, 4) is 10.6 Å². The number of carboxylic acids is 1. The lowest BCUT2D eigenvalue weighted by atomic mass is 10.1. The first kappa shape index (κ1) is 11.8. The Morgan fingerprint density at radius 2 is 2.35 bits per heavy atom. The van der Waals surface area contributed by atoms with Gasteiger partial charge in [-0.2, -0.15) is 0 Å². The molecule has 2 aromatic rings. The SMILES string of the molecule is COCc1cccc(-c2ncc(C(=O)O)s2)c1. The second-order valence-electron chi connectivity index (χ2n) is 3.47. The molecule has 88 valence electrons. The summed E-state index contributed by atoms with van der Waals surface area (Å²) in [6, 6.07) is 7.72. The van der Waals surface area contributed by atoms with Gasteiger partial charge in [-0.3, -0.25) is 0 Å². The van der Waals surface area contributed by atoms with Crippen molar-refractivity contribution in [2.45, 2.75) is 6.61 Å². The molecule has 0 aliphatic rings. The van der Waals surface area contributed by atoms with Crippen molar-refractivity contribution in [3.05, 3.63) is 40.9 Å². The third-order valence-electron chi connectivity index (χ3n) is 2.20. The van der Waals surface area contributed by atoms with Crippen LogP contribution in [0.3, 0.4) is 0 Å². The topological polar surface area (TPSA) is 59.4 Å². The minimum Gasteiger partial charge on any atom is -0.477 e. The molecule has 2 rings (SSSR count). The van der Waals surface area contributed by atoms with E-state index in [9.17, 15) is 4.79 Å². The number of hydrogen-bond acceptors (Lipinski definition) is 4. The zero-order valence-corrected chi connectivity index (χ0v) is 10.0. The fourth-order valence-corrected chi connectivity index (χ4v) is 2.22. The molecule has 0 saturated heterocycles. The van der Waals surface area contributed by atoms with Gasteiger partial charge in [0.05, 0.1) is 12.8 Å². The summed E-state index contributed by atoms with van der Waals surface area (Å²) in [5.41, 5.74) is 1.95. The molecule has 1 heterocycles. The van der Waals surface area contributed by atoms with Crippen molar-refractivity contribution >= 4 is 17.3 Å². The maximum absolute atomic E-state index is 10.8. The molecular weight excluding hydrogens is 238 g/mol. The Kier molecular flexibility index (Phi) is 3.51. The van der Waals surface area contributed by atoms with Crippen molar-refractivity contribution in [2.75, 3.05) is 7.11 Å². The molecule has 17 heavy (non-hydrogen) atoms. The largest absolute Gasteiger partial charge is 0.477 e. The fraction of sp³-hybridized carbons (Fsp3) is 0.167. The van der Waals surface area contributed by atoms with E-state index in [1.807, 2.05) is 24.3 Å². The van der Waals surface area contributed by atoms with E-state index in [1.54, 1.807) is 7.11 Å². The molecule has 0 fully saturated rings. The van der Waals surface area contributed by atoms with Gasteiger partial charge in [-0.25, -0.2) is 9.78 Å². The lowest BCUT2D eigenvalue weighted by Crippen LogP contribution is -1.89. The number of hydrogen-bond donors (Lipinski definition) is 1. The molecule has 5 heteroatoms. The van der Waals surface area contributed by atoms with Crippen LogP contribution in [0.15, 0.2) is 30.5 Å². The van der Waals surface area contributed by atoms with Crippen LogP contribution in [0.5, 0.6) is 0 Å². The maximum Gasteiger partial charge on any atom is 0.347 e. The molecule has 0 spiro atoms. The van der Waals surface area contributed by atoms with Crippen LogP contribution in [-0.4, -0.2) is 23.2 Å². The monoisotopic (exact) mass is 249 g/mol. The number of thiazole rings is 1. The van der Waals surface area contributed by atoms with Crippen molar-refractivity contribution in [2.24, 2.45) is 0 Å². The van der Waals surface area contributed by atoms with E-state index >= 15 is 0 Å². The molecule has 0 radical (unpaired) electrons. The molecule has 0 aliphatic carbocycles. The van der Waals surface area contributed by atoms with E-state index in [0.29, 0.717) is 11.6 Å². The molecular formula is C12H11NO3S. The summed E-state index contributed by atoms with van der Waals surface area (Å²) in [4.78, 5) is 15.1. The average molecular weight is 249 g/mol. The first-order valence-electron chi connectivity index (χ1n) is 4.98. The van der Waals surface area contributed by atoms with Gasteiger partial charge in [0.15, 0.2) is 0 Å². The van der Waals surface area contributed by atoms with Gasteiger partial charge in [-0.15, -0.1) is 11.3 Å². The van der Waals surface area contributed by atoms with Crippen LogP contribution in [0.1, 0.15) is 15.2 Å². The van der Waals surface area contributed by atoms with Crippen molar-refractivity contribution in [1.82, 2.24) is 4.98 Å². The average Bonchev–Trinajstić information content (AvgIpc) is 2.79. The number of nitrogens with zero attached hydrogens (tertiary/aromatic N) is 1. The smallest absolute Gasteiger partial charge is 0.347 e. The van der Waals surface area contributed by atoms with Gasteiger partial charge in [-0.1, -0.05) is 18.2 Å². The third-order valence-corrected chi connectivity index (χ3v) is 3.24. The van der Waals surface area contributed by atoms with E-state index in [1.165, 1.54) is 17.5 Å². The van der Waals surface area contributed by atoms with E-state index in [0.717, 1.165) is 11.1 Å². The second kappa shape index (κ2) is 5.07. The first-order chi connectivity index (χ1) is 8.20. The van der Waals surface area contributed by atoms with Crippen molar-refractivity contribution in [1.29, 1.82) is 0 Å². The number of benzene rings is 1. The predicted molar refractivity (Wildman–Crippen MR) is 65.2 cm³/mol. The highest BCUT2D eigenvalue weighted by molar-refractivity contribution is 7.16. The number of rotatable bonds is 4. The van der Waals surface area contributed by atoms with Gasteiger partial charge in [-0.05, 0) is 11.6 Å². The standard InChI is InChI=1S/C12H11NO3S/c1-16-7-8-3-2-4-9(5-8)11-13-6-10(17-11)12(14)15/h2-6H,7H2,1H3,(H,14,15). The van der Waals surface area contributed by atoms with E-state index in [-0.39, 0.29) is 4.88 Å². The molecule has 0 unspecified atom stereocenters. The maximum atomic E-state index is 10.8. The third kappa shape index (κ3) is 2.69. The molecule has 0 bridgehead atoms. The molecule has 1 aromatic heterocycles. The number of aromatic nitrogens is 1. The molecule has 4 nitrogen and oxygen atoms in total. The first-order valence-corrected chi connectivity index (χ1v) is 5.79. The summed E-state index contributed by atoms with van der Waals surface area (Å²) in [5.74, 6) is -0.943. The Labute approximate surface area is 103 Å². The van der Waals surface area contributed by atoms with Crippen LogP contribution in [0.4, 0.5) is 0 Å². The minimum absolute atomic E-state index is 0.247. The highest BCUT2D eigenvalue weighted by Gasteiger charge is 2.10. The quantitative estimate of drug-likeness (QED) is 0.905. The summed E-state index contributed by atoms with van der Waals surface area (Å²) in [7, 11) is 1.64. The van der Waals surface area contributed by atoms with Crippen LogP contribution in [0.2, 0.25) is 0 Å². The lowest BCUT2D eigenvalue weighted by Gasteiger charge is -2.01. The normalized spacial score (nSPS) is 10.4. The Morgan fingerprint density at radius 1 is 1.53 bits per heavy atom. The zero-order chi connectivity index (χ0) is 12.3. The van der Waals surface area contributed by atoms with Crippen LogP contribution in [0, 0.1) is 0 Å². The summed E-state index contributed by atoms with van der Waals surface area (Å²) in [6.07, 6.45) is 1.38. The summed E-state index contributed by atoms with van der Waals surface area (Å²) in [6.45, 7) is 0.533. The Bertz CT molecular complexity index is 536. The molecule has 0 aliphatic heterocycles. The summed E-state index contributed by atoms with van der Waals surface area (Å²) in [5, 5.41) is 9.54. The number of aromatic carboxylic acids is 1. The zero-order valence-electron chi connectivity index (χ0n) is 9.21. The highest BCUT2D eigenvalue weighted by Crippen LogP contribution is 2.25. The van der Waals surface area contributed by atoms with E-state index in [2.05, 4.69) is 4.98 Å². The van der Waals surface area contributed by atoms with Crippen molar-refractivity contribution in [3.63, 3.8) is 0 Å². The number of methoxy groups -OCH3 is 1. The van der Waals surface area contributed by atoms with Crippen LogP contribution < -0.4 is 0 Å². The van der Waals surface area contributed by atoms with Crippen LogP contribution >= 0.6 is 11.3 Å². The molecule has 0 saturated carbocycles. The highest BCUT2D eigenvalue weighted by atomic mass is 32.1. The fourth-order valence-electron chi connectivity index (χ4n) is 1.47. The Morgan fingerprint density at radius 3 is 3.00 bits per heavy atom. The minimum atomic E-state index is -0.943. The van der Waals surface area contributed by atoms with Gasteiger partial charge < -0.3 is 9.84 Å². The van der Waals surface area contributed by atoms with Crippen LogP contribution in [-0.2, 0) is 11.3 Å². The Balaban J connectivity index is 2.31. The molecule has 0 amide bonds. The molecule has 1 aromatic carbocycles. The number of carboxylic acid groups (broad SMARTS) is 1. The summed E-state index contributed by atoms with van der Waals surface area (Å²) < 4.78 is 5.05. The second-order valence-corrected chi connectivity index (χ2v) is 4.50. The van der Waals surface area contributed by atoms with Gasteiger partial charge in [0.2, 0.25) is 0 Å². The predicted octanol–water partition coefficient (Wildman–Crippen LogP) is 2.65. The number of carbonyl (C=O) groups is 1. The summed E-state index contributed by atoms with van der Waals surface area (Å²) >= 11 is 1.17. The van der Waals surface area contributed by atoms with E-state index < -0.39 is 5.97 Å².